The van der Waals surface area contributed by atoms with Crippen molar-refractivity contribution in [1.29, 1.82) is 0 Å². The quantitative estimate of drug-likeness (QED) is 0.692. The number of carbonyl (C=O) groups is 1. The van der Waals surface area contributed by atoms with Gasteiger partial charge in [0.05, 0.1) is 12.6 Å². The van der Waals surface area contributed by atoms with Crippen LogP contribution in [0.15, 0.2) is 0 Å². The van der Waals surface area contributed by atoms with Gasteiger partial charge in [0, 0.05) is 18.6 Å². The molecule has 18 heavy (non-hydrogen) atoms. The minimum atomic E-state index is -0.136. The second-order valence-electron chi connectivity index (χ2n) is 5.24. The van der Waals surface area contributed by atoms with Crippen molar-refractivity contribution in [2.45, 2.75) is 71.0 Å². The van der Waals surface area contributed by atoms with Crippen molar-refractivity contribution < 1.29 is 9.90 Å². The van der Waals surface area contributed by atoms with Crippen molar-refractivity contribution in [2.75, 3.05) is 13.2 Å². The molecule has 0 aromatic rings. The summed E-state index contributed by atoms with van der Waals surface area (Å²) in [5, 5.41) is 12.2. The molecule has 1 saturated carbocycles. The smallest absolute Gasteiger partial charge is 0.237 e. The zero-order chi connectivity index (χ0) is 13.5. The molecule has 1 rings (SSSR count). The van der Waals surface area contributed by atoms with Crippen molar-refractivity contribution in [3.8, 4) is 0 Å². The van der Waals surface area contributed by atoms with Crippen LogP contribution in [0, 0.1) is 0 Å². The van der Waals surface area contributed by atoms with E-state index < -0.39 is 0 Å². The van der Waals surface area contributed by atoms with E-state index in [1.807, 2.05) is 6.92 Å². The summed E-state index contributed by atoms with van der Waals surface area (Å²) in [6.45, 7) is 6.86. The zero-order valence-electron chi connectivity index (χ0n) is 12.0. The van der Waals surface area contributed by atoms with Gasteiger partial charge >= 0.3 is 0 Å². The van der Waals surface area contributed by atoms with E-state index in [1.54, 1.807) is 0 Å². The van der Waals surface area contributed by atoms with E-state index in [0.29, 0.717) is 12.6 Å². The van der Waals surface area contributed by atoms with Crippen molar-refractivity contribution in [3.05, 3.63) is 0 Å². The molecule has 1 aliphatic rings. The van der Waals surface area contributed by atoms with Gasteiger partial charge in [0.15, 0.2) is 0 Å². The number of rotatable bonds is 8. The fourth-order valence-electron chi connectivity index (χ4n) is 2.49. The first-order valence-corrected chi connectivity index (χ1v) is 7.30. The lowest BCUT2D eigenvalue weighted by molar-refractivity contribution is -0.128. The minimum absolute atomic E-state index is 0.101. The lowest BCUT2D eigenvalue weighted by Gasteiger charge is -2.40. The van der Waals surface area contributed by atoms with Gasteiger partial charge in [0.25, 0.3) is 0 Å². The van der Waals surface area contributed by atoms with Gasteiger partial charge in [-0.15, -0.1) is 0 Å². The number of nitrogens with one attached hydrogen (secondary N) is 1. The van der Waals surface area contributed by atoms with Crippen LogP contribution < -0.4 is 5.32 Å². The van der Waals surface area contributed by atoms with Gasteiger partial charge in [0.2, 0.25) is 5.91 Å². The lowest BCUT2D eigenvalue weighted by Crippen LogP contribution is -2.54. The van der Waals surface area contributed by atoms with Crippen molar-refractivity contribution >= 4 is 5.91 Å². The Balaban J connectivity index is 2.52. The van der Waals surface area contributed by atoms with Gasteiger partial charge in [0.1, 0.15) is 0 Å². The Bertz CT molecular complexity index is 250. The van der Waals surface area contributed by atoms with E-state index in [4.69, 9.17) is 5.11 Å². The second-order valence-corrected chi connectivity index (χ2v) is 5.24. The molecule has 0 aliphatic heterocycles. The SMILES string of the molecule is CCC(CC)NC(=O)C(C)N(CCO)C1CCC1. The maximum Gasteiger partial charge on any atom is 0.237 e. The molecule has 0 aromatic carbocycles. The van der Waals surface area contributed by atoms with Crippen LogP contribution in [0.2, 0.25) is 0 Å². The van der Waals surface area contributed by atoms with E-state index >= 15 is 0 Å². The van der Waals surface area contributed by atoms with Crippen LogP contribution in [0.25, 0.3) is 0 Å². The predicted molar refractivity (Wildman–Crippen MR) is 73.4 cm³/mol. The molecule has 2 N–H and O–H groups in total. The second kappa shape index (κ2) is 7.74. The Labute approximate surface area is 111 Å². The highest BCUT2D eigenvalue weighted by molar-refractivity contribution is 5.81. The predicted octanol–water partition coefficient (Wildman–Crippen LogP) is 1.53. The van der Waals surface area contributed by atoms with Crippen LogP contribution >= 0.6 is 0 Å². The summed E-state index contributed by atoms with van der Waals surface area (Å²) in [6, 6.07) is 0.625. The molecule has 1 aliphatic carbocycles. The Morgan fingerprint density at radius 2 is 2.00 bits per heavy atom. The minimum Gasteiger partial charge on any atom is -0.395 e. The summed E-state index contributed by atoms with van der Waals surface area (Å²) >= 11 is 0. The van der Waals surface area contributed by atoms with Crippen LogP contribution in [0.5, 0.6) is 0 Å². The Morgan fingerprint density at radius 3 is 2.39 bits per heavy atom. The van der Waals surface area contributed by atoms with Crippen molar-refractivity contribution in [1.82, 2.24) is 10.2 Å². The number of aliphatic hydroxyl groups is 1. The number of nitrogens with zero attached hydrogens (tertiary/aromatic N) is 1. The van der Waals surface area contributed by atoms with Gasteiger partial charge in [-0.25, -0.2) is 0 Å². The molecule has 1 unspecified atom stereocenters. The molecule has 1 fully saturated rings. The van der Waals surface area contributed by atoms with Gasteiger partial charge in [-0.3, -0.25) is 9.69 Å². The Kier molecular flexibility index (Phi) is 6.65. The molecule has 4 nitrogen and oxygen atoms in total. The highest BCUT2D eigenvalue weighted by Crippen LogP contribution is 2.26. The normalized spacial score (nSPS) is 17.9. The summed E-state index contributed by atoms with van der Waals surface area (Å²) in [4.78, 5) is 14.4. The lowest BCUT2D eigenvalue weighted by atomic mass is 9.90. The molecule has 1 atom stereocenters. The van der Waals surface area contributed by atoms with E-state index in [1.165, 1.54) is 6.42 Å². The molecule has 1 amide bonds. The highest BCUT2D eigenvalue weighted by atomic mass is 16.3. The molecule has 0 spiro atoms. The van der Waals surface area contributed by atoms with Crippen molar-refractivity contribution in [2.24, 2.45) is 0 Å². The number of carbonyl (C=O) groups excluding carboxylic acids is 1. The molecule has 0 bridgehead atoms. The molecule has 0 aromatic heterocycles. The number of amides is 1. The fourth-order valence-corrected chi connectivity index (χ4v) is 2.49. The van der Waals surface area contributed by atoms with Crippen LogP contribution in [0.3, 0.4) is 0 Å². The summed E-state index contributed by atoms with van der Waals surface area (Å²) in [6.07, 6.45) is 5.50. The van der Waals surface area contributed by atoms with Gasteiger partial charge in [-0.1, -0.05) is 20.3 Å². The van der Waals surface area contributed by atoms with Crippen LogP contribution in [0.4, 0.5) is 0 Å². The van der Waals surface area contributed by atoms with Crippen LogP contribution in [0.1, 0.15) is 52.9 Å². The highest BCUT2D eigenvalue weighted by Gasteiger charge is 2.31. The molecule has 0 saturated heterocycles. The molecule has 4 heteroatoms. The van der Waals surface area contributed by atoms with E-state index in [2.05, 4.69) is 24.1 Å². The maximum absolute atomic E-state index is 12.2. The number of hydrogen-bond acceptors (Lipinski definition) is 3. The number of aliphatic hydroxyl groups excluding tert-OH is 1. The standard InChI is InChI=1S/C14H28N2O2/c1-4-12(5-2)15-14(18)11(3)16(9-10-17)13-7-6-8-13/h11-13,17H,4-10H2,1-3H3,(H,15,18). The van der Waals surface area contributed by atoms with Crippen molar-refractivity contribution in [3.63, 3.8) is 0 Å². The third-order valence-electron chi connectivity index (χ3n) is 4.11. The topological polar surface area (TPSA) is 52.6 Å². The average Bonchev–Trinajstić information content (AvgIpc) is 2.32. The summed E-state index contributed by atoms with van der Waals surface area (Å²) < 4.78 is 0. The first-order valence-electron chi connectivity index (χ1n) is 7.30. The van der Waals surface area contributed by atoms with Crippen LogP contribution in [-0.2, 0) is 4.79 Å². The number of hydrogen-bond donors (Lipinski definition) is 2. The third-order valence-corrected chi connectivity index (χ3v) is 4.11. The summed E-state index contributed by atoms with van der Waals surface area (Å²) in [7, 11) is 0. The molecule has 0 heterocycles. The largest absolute Gasteiger partial charge is 0.395 e. The maximum atomic E-state index is 12.2. The first kappa shape index (κ1) is 15.4. The molecular formula is C14H28N2O2. The molecular weight excluding hydrogens is 228 g/mol. The van der Waals surface area contributed by atoms with E-state index in [9.17, 15) is 4.79 Å². The molecule has 106 valence electrons. The average molecular weight is 256 g/mol. The Hall–Kier alpha value is -0.610. The van der Waals surface area contributed by atoms with Gasteiger partial charge < -0.3 is 10.4 Å². The van der Waals surface area contributed by atoms with Gasteiger partial charge in [-0.2, -0.15) is 0 Å². The fraction of sp³-hybridized carbons (Fsp3) is 0.929. The van der Waals surface area contributed by atoms with E-state index in [-0.39, 0.29) is 24.6 Å². The summed E-state index contributed by atoms with van der Waals surface area (Å²) in [5.74, 6) is 0.101. The van der Waals surface area contributed by atoms with Gasteiger partial charge in [-0.05, 0) is 32.6 Å². The van der Waals surface area contributed by atoms with Crippen LogP contribution in [-0.4, -0.2) is 47.2 Å². The zero-order valence-corrected chi connectivity index (χ0v) is 12.0. The summed E-state index contributed by atoms with van der Waals surface area (Å²) in [5.41, 5.74) is 0. The van der Waals surface area contributed by atoms with E-state index in [0.717, 1.165) is 25.7 Å². The monoisotopic (exact) mass is 256 g/mol. The Morgan fingerprint density at radius 1 is 1.39 bits per heavy atom. The third kappa shape index (κ3) is 3.95. The molecule has 0 radical (unpaired) electrons. The first-order chi connectivity index (χ1) is 8.63.